The highest BCUT2D eigenvalue weighted by molar-refractivity contribution is 9.10. The summed E-state index contributed by atoms with van der Waals surface area (Å²) in [6, 6.07) is 6.03. The molecule has 118 valence electrons. The molecular formula is C15H22BrNO3S. The van der Waals surface area contributed by atoms with Crippen molar-refractivity contribution in [2.45, 2.75) is 25.8 Å². The van der Waals surface area contributed by atoms with Crippen LogP contribution in [0.5, 0.6) is 5.75 Å². The van der Waals surface area contributed by atoms with Crippen molar-refractivity contribution in [1.82, 2.24) is 5.32 Å². The van der Waals surface area contributed by atoms with Crippen LogP contribution in [-0.4, -0.2) is 33.6 Å². The quantitative estimate of drug-likeness (QED) is 0.830. The topological polar surface area (TPSA) is 55.4 Å². The lowest BCUT2D eigenvalue weighted by Gasteiger charge is -2.25. The monoisotopic (exact) mass is 375 g/mol. The van der Waals surface area contributed by atoms with E-state index < -0.39 is 9.84 Å². The number of sulfone groups is 1. The third-order valence-corrected chi connectivity index (χ3v) is 6.30. The van der Waals surface area contributed by atoms with Crippen LogP contribution in [0.25, 0.3) is 0 Å². The van der Waals surface area contributed by atoms with E-state index in [0.29, 0.717) is 5.75 Å². The van der Waals surface area contributed by atoms with E-state index in [4.69, 9.17) is 4.74 Å². The predicted molar refractivity (Wildman–Crippen MR) is 88.5 cm³/mol. The smallest absolute Gasteiger partial charge is 0.150 e. The second-order valence-electron chi connectivity index (χ2n) is 5.49. The molecule has 1 aliphatic heterocycles. The Kier molecular flexibility index (Phi) is 5.68. The molecule has 2 atom stereocenters. The molecule has 2 rings (SSSR count). The summed E-state index contributed by atoms with van der Waals surface area (Å²) < 4.78 is 29.7. The Labute approximate surface area is 135 Å². The van der Waals surface area contributed by atoms with Gasteiger partial charge in [0.25, 0.3) is 0 Å². The molecule has 0 amide bonds. The van der Waals surface area contributed by atoms with E-state index in [1.54, 1.807) is 7.11 Å². The van der Waals surface area contributed by atoms with Crippen molar-refractivity contribution in [3.8, 4) is 5.75 Å². The van der Waals surface area contributed by atoms with E-state index in [-0.39, 0.29) is 17.7 Å². The number of halogens is 1. The normalized spacial score (nSPS) is 22.1. The van der Waals surface area contributed by atoms with Gasteiger partial charge < -0.3 is 10.1 Å². The van der Waals surface area contributed by atoms with Crippen molar-refractivity contribution in [2.24, 2.45) is 5.92 Å². The molecule has 4 nitrogen and oxygen atoms in total. The van der Waals surface area contributed by atoms with Gasteiger partial charge >= 0.3 is 0 Å². The Morgan fingerprint density at radius 2 is 2.24 bits per heavy atom. The SMILES string of the molecule is CCCNC(c1ccc(OC)c(Br)c1)C1CCS(=O)(=O)C1. The van der Waals surface area contributed by atoms with Crippen LogP contribution < -0.4 is 10.1 Å². The van der Waals surface area contributed by atoms with Crippen LogP contribution in [0.1, 0.15) is 31.4 Å². The van der Waals surface area contributed by atoms with Gasteiger partial charge in [-0.1, -0.05) is 13.0 Å². The summed E-state index contributed by atoms with van der Waals surface area (Å²) in [7, 11) is -1.24. The lowest BCUT2D eigenvalue weighted by molar-refractivity contribution is 0.389. The minimum Gasteiger partial charge on any atom is -0.496 e. The Balaban J connectivity index is 2.25. The molecule has 1 heterocycles. The molecule has 0 spiro atoms. The van der Waals surface area contributed by atoms with Gasteiger partial charge in [-0.15, -0.1) is 0 Å². The van der Waals surface area contributed by atoms with Gasteiger partial charge in [0.15, 0.2) is 9.84 Å². The second kappa shape index (κ2) is 7.11. The van der Waals surface area contributed by atoms with Gasteiger partial charge in [-0.25, -0.2) is 8.42 Å². The molecule has 1 aromatic rings. The number of hydrogen-bond donors (Lipinski definition) is 1. The highest BCUT2D eigenvalue weighted by atomic mass is 79.9. The Morgan fingerprint density at radius 1 is 1.48 bits per heavy atom. The molecule has 0 saturated carbocycles. The first-order valence-corrected chi connectivity index (χ1v) is 9.85. The van der Waals surface area contributed by atoms with Gasteiger partial charge in [-0.2, -0.15) is 0 Å². The van der Waals surface area contributed by atoms with Crippen LogP contribution in [0, 0.1) is 5.92 Å². The van der Waals surface area contributed by atoms with Crippen molar-refractivity contribution < 1.29 is 13.2 Å². The molecule has 6 heteroatoms. The van der Waals surface area contributed by atoms with Gasteiger partial charge in [0.1, 0.15) is 5.75 Å². The zero-order valence-electron chi connectivity index (χ0n) is 12.4. The molecule has 2 unspecified atom stereocenters. The number of hydrogen-bond acceptors (Lipinski definition) is 4. The summed E-state index contributed by atoms with van der Waals surface area (Å²) in [6.45, 7) is 2.99. The summed E-state index contributed by atoms with van der Waals surface area (Å²) in [5.74, 6) is 1.51. The standard InChI is InChI=1S/C15H22BrNO3S/c1-3-7-17-15(12-6-8-21(18,19)10-12)11-4-5-14(20-2)13(16)9-11/h4-5,9,12,15,17H,3,6-8,10H2,1-2H3. The van der Waals surface area contributed by atoms with Gasteiger partial charge in [-0.05, 0) is 58.9 Å². The first-order chi connectivity index (χ1) is 9.96. The lowest BCUT2D eigenvalue weighted by atomic mass is 9.92. The van der Waals surface area contributed by atoms with E-state index >= 15 is 0 Å². The minimum absolute atomic E-state index is 0.0735. The van der Waals surface area contributed by atoms with Crippen molar-refractivity contribution in [3.63, 3.8) is 0 Å². The molecule has 1 fully saturated rings. The third kappa shape index (κ3) is 4.20. The number of benzene rings is 1. The van der Waals surface area contributed by atoms with Crippen molar-refractivity contribution in [3.05, 3.63) is 28.2 Å². The van der Waals surface area contributed by atoms with E-state index in [0.717, 1.165) is 35.2 Å². The Morgan fingerprint density at radius 3 is 2.76 bits per heavy atom. The highest BCUT2D eigenvalue weighted by Crippen LogP contribution is 2.35. The number of methoxy groups -OCH3 is 1. The molecule has 1 saturated heterocycles. The zero-order chi connectivity index (χ0) is 15.5. The first kappa shape index (κ1) is 16.8. The fourth-order valence-corrected chi connectivity index (χ4v) is 5.22. The summed E-state index contributed by atoms with van der Waals surface area (Å²) in [5.41, 5.74) is 1.11. The van der Waals surface area contributed by atoms with Crippen LogP contribution in [0.2, 0.25) is 0 Å². The van der Waals surface area contributed by atoms with Crippen molar-refractivity contribution in [1.29, 1.82) is 0 Å². The average molecular weight is 376 g/mol. The van der Waals surface area contributed by atoms with Crippen LogP contribution in [-0.2, 0) is 9.84 Å². The summed E-state index contributed by atoms with van der Waals surface area (Å²) in [5, 5.41) is 3.50. The van der Waals surface area contributed by atoms with E-state index in [1.165, 1.54) is 0 Å². The fourth-order valence-electron chi connectivity index (χ4n) is 2.82. The number of rotatable bonds is 6. The first-order valence-electron chi connectivity index (χ1n) is 7.24. The maximum absolute atomic E-state index is 11.8. The second-order valence-corrected chi connectivity index (χ2v) is 8.57. The molecular weight excluding hydrogens is 354 g/mol. The number of ether oxygens (including phenoxy) is 1. The largest absolute Gasteiger partial charge is 0.496 e. The molecule has 1 N–H and O–H groups in total. The van der Waals surface area contributed by atoms with Crippen molar-refractivity contribution >= 4 is 25.8 Å². The number of nitrogens with one attached hydrogen (secondary N) is 1. The lowest BCUT2D eigenvalue weighted by Crippen LogP contribution is -2.29. The van der Waals surface area contributed by atoms with Gasteiger partial charge in [-0.3, -0.25) is 0 Å². The zero-order valence-corrected chi connectivity index (χ0v) is 14.8. The van der Waals surface area contributed by atoms with Gasteiger partial charge in [0.2, 0.25) is 0 Å². The van der Waals surface area contributed by atoms with E-state index in [1.807, 2.05) is 18.2 Å². The summed E-state index contributed by atoms with van der Waals surface area (Å²) in [6.07, 6.45) is 1.75. The average Bonchev–Trinajstić information content (AvgIpc) is 2.79. The molecule has 0 radical (unpaired) electrons. The Bertz CT molecular complexity index is 589. The van der Waals surface area contributed by atoms with E-state index in [2.05, 4.69) is 28.2 Å². The molecule has 0 aromatic heterocycles. The molecule has 0 aliphatic carbocycles. The Hall–Kier alpha value is -0.590. The molecule has 1 aliphatic rings. The van der Waals surface area contributed by atoms with Crippen LogP contribution in [0.3, 0.4) is 0 Å². The van der Waals surface area contributed by atoms with Crippen LogP contribution >= 0.6 is 15.9 Å². The van der Waals surface area contributed by atoms with Gasteiger partial charge in [0, 0.05) is 6.04 Å². The van der Waals surface area contributed by atoms with E-state index in [9.17, 15) is 8.42 Å². The maximum Gasteiger partial charge on any atom is 0.150 e. The maximum atomic E-state index is 11.8. The minimum atomic E-state index is -2.87. The third-order valence-electron chi connectivity index (χ3n) is 3.89. The van der Waals surface area contributed by atoms with Gasteiger partial charge in [0.05, 0.1) is 23.1 Å². The molecule has 1 aromatic carbocycles. The van der Waals surface area contributed by atoms with Crippen LogP contribution in [0.4, 0.5) is 0 Å². The molecule has 21 heavy (non-hydrogen) atoms. The van der Waals surface area contributed by atoms with Crippen molar-refractivity contribution in [2.75, 3.05) is 25.2 Å². The predicted octanol–water partition coefficient (Wildman–Crippen LogP) is 2.93. The molecule has 0 bridgehead atoms. The summed E-state index contributed by atoms with van der Waals surface area (Å²) in [4.78, 5) is 0. The van der Waals surface area contributed by atoms with Crippen LogP contribution in [0.15, 0.2) is 22.7 Å². The fraction of sp³-hybridized carbons (Fsp3) is 0.600. The summed E-state index contributed by atoms with van der Waals surface area (Å²) >= 11 is 3.50. The highest BCUT2D eigenvalue weighted by Gasteiger charge is 2.34.